The minimum absolute atomic E-state index is 0.206. The molecule has 196 valence electrons. The molecule has 3 aromatic rings. The van der Waals surface area contributed by atoms with Gasteiger partial charge in [-0.05, 0) is 92.3 Å². The molecule has 0 spiro atoms. The number of unbranched alkanes of at least 4 members (excludes halogenated alkanes) is 7. The molecule has 0 radical (unpaired) electrons. The van der Waals surface area contributed by atoms with Crippen molar-refractivity contribution in [1.29, 1.82) is 0 Å². The smallest absolute Gasteiger partial charge is 0.184 e. The fourth-order valence-electron chi connectivity index (χ4n) is 5.72. The van der Waals surface area contributed by atoms with E-state index in [1.165, 1.54) is 67.0 Å². The number of allylic oxidation sites excluding steroid dienone is 5. The topological polar surface area (TPSA) is 17.1 Å². The molecule has 0 atom stereocenters. The number of ketones is 1. The van der Waals surface area contributed by atoms with Crippen LogP contribution in [0.15, 0.2) is 126 Å². The van der Waals surface area contributed by atoms with Crippen molar-refractivity contribution in [3.8, 4) is 0 Å². The molecule has 0 saturated heterocycles. The van der Waals surface area contributed by atoms with Crippen molar-refractivity contribution in [2.75, 3.05) is 6.16 Å². The lowest BCUT2D eigenvalue weighted by Gasteiger charge is -2.27. The van der Waals surface area contributed by atoms with Crippen LogP contribution in [0.3, 0.4) is 0 Å². The van der Waals surface area contributed by atoms with Gasteiger partial charge in [-0.2, -0.15) is 0 Å². The second-order valence-corrected chi connectivity index (χ2v) is 14.1. The lowest BCUT2D eigenvalue weighted by Crippen LogP contribution is -2.33. The van der Waals surface area contributed by atoms with E-state index in [2.05, 4.69) is 97.6 Å². The predicted molar refractivity (Wildman–Crippen MR) is 168 cm³/mol. The Morgan fingerprint density at radius 2 is 1.00 bits per heavy atom. The first kappa shape index (κ1) is 28.0. The van der Waals surface area contributed by atoms with Crippen molar-refractivity contribution in [3.63, 3.8) is 0 Å². The van der Waals surface area contributed by atoms with Gasteiger partial charge >= 0.3 is 0 Å². The molecule has 0 saturated carbocycles. The number of carbonyl (C=O) groups excluding carboxylic acids is 1. The highest BCUT2D eigenvalue weighted by atomic mass is 31.2. The number of benzene rings is 3. The summed E-state index contributed by atoms with van der Waals surface area (Å²) in [7, 11) is -1.69. The summed E-state index contributed by atoms with van der Waals surface area (Å²) in [5.41, 5.74) is 2.72. The van der Waals surface area contributed by atoms with Crippen LogP contribution in [0, 0.1) is 0 Å². The zero-order valence-corrected chi connectivity index (χ0v) is 23.8. The lowest BCUT2D eigenvalue weighted by molar-refractivity contribution is -0.112. The van der Waals surface area contributed by atoms with Crippen molar-refractivity contribution in [2.45, 2.75) is 64.7 Å². The second kappa shape index (κ2) is 14.2. The summed E-state index contributed by atoms with van der Waals surface area (Å²) in [6, 6.07) is 33.7. The first-order chi connectivity index (χ1) is 18.6. The Kier molecular flexibility index (Phi) is 10.5. The van der Waals surface area contributed by atoms with Gasteiger partial charge in [0.1, 0.15) is 23.2 Å². The Labute approximate surface area is 230 Å². The van der Waals surface area contributed by atoms with Crippen LogP contribution >= 0.6 is 7.26 Å². The first-order valence-corrected chi connectivity index (χ1v) is 16.3. The average Bonchev–Trinajstić information content (AvgIpc) is 2.96. The minimum atomic E-state index is -1.69. The Bertz CT molecular complexity index is 1140. The van der Waals surface area contributed by atoms with Gasteiger partial charge < -0.3 is 0 Å². The number of Topliss-reactive ketones (excluding diaryl/α,β-unsaturated/α-hetero) is 1. The van der Waals surface area contributed by atoms with E-state index in [0.29, 0.717) is 0 Å². The largest absolute Gasteiger partial charge is 0.289 e. The summed E-state index contributed by atoms with van der Waals surface area (Å²) in [6.07, 6.45) is 15.9. The Balaban J connectivity index is 1.27. The van der Waals surface area contributed by atoms with Gasteiger partial charge in [0.25, 0.3) is 0 Å². The highest BCUT2D eigenvalue weighted by Crippen LogP contribution is 2.56. The summed E-state index contributed by atoms with van der Waals surface area (Å²) >= 11 is 0. The van der Waals surface area contributed by atoms with Gasteiger partial charge in [0.15, 0.2) is 5.78 Å². The van der Waals surface area contributed by atoms with Gasteiger partial charge in [0.2, 0.25) is 0 Å². The van der Waals surface area contributed by atoms with E-state index in [0.717, 1.165) is 29.6 Å². The molecule has 0 N–H and O–H groups in total. The third-order valence-corrected chi connectivity index (χ3v) is 12.2. The van der Waals surface area contributed by atoms with Crippen LogP contribution in [-0.4, -0.2) is 11.9 Å². The van der Waals surface area contributed by atoms with Gasteiger partial charge in [-0.15, -0.1) is 0 Å². The molecular weight excluding hydrogens is 479 g/mol. The first-order valence-electron chi connectivity index (χ1n) is 14.3. The Morgan fingerprint density at radius 1 is 0.579 bits per heavy atom. The predicted octanol–water partition coefficient (Wildman–Crippen LogP) is 8.50. The molecule has 0 unspecified atom stereocenters. The van der Waals surface area contributed by atoms with Gasteiger partial charge in [0.05, 0.1) is 6.16 Å². The average molecular weight is 522 g/mol. The molecule has 0 bridgehead atoms. The van der Waals surface area contributed by atoms with E-state index >= 15 is 0 Å². The maximum absolute atomic E-state index is 12.3. The van der Waals surface area contributed by atoms with Crippen LogP contribution in [0.25, 0.3) is 0 Å². The third-order valence-electron chi connectivity index (χ3n) is 7.69. The third kappa shape index (κ3) is 7.09. The summed E-state index contributed by atoms with van der Waals surface area (Å²) in [6.45, 7) is 5.90. The molecule has 2 heteroatoms. The zero-order valence-electron chi connectivity index (χ0n) is 22.9. The van der Waals surface area contributed by atoms with Crippen LogP contribution in [0.5, 0.6) is 0 Å². The van der Waals surface area contributed by atoms with Crippen LogP contribution in [0.1, 0.15) is 64.7 Å². The van der Waals surface area contributed by atoms with E-state index in [4.69, 9.17) is 0 Å². The van der Waals surface area contributed by atoms with Gasteiger partial charge in [0, 0.05) is 5.57 Å². The molecule has 0 aromatic heterocycles. The van der Waals surface area contributed by atoms with Gasteiger partial charge in [-0.25, -0.2) is 0 Å². The minimum Gasteiger partial charge on any atom is -0.289 e. The molecule has 1 nitrogen and oxygen atoms in total. The number of rotatable bonds is 14. The molecule has 1 aliphatic rings. The lowest BCUT2D eigenvalue weighted by atomic mass is 9.91. The maximum atomic E-state index is 12.3. The molecule has 3 aromatic carbocycles. The zero-order chi connectivity index (χ0) is 26.6. The van der Waals surface area contributed by atoms with Crippen LogP contribution in [-0.2, 0) is 4.79 Å². The quantitative estimate of drug-likeness (QED) is 0.154. The van der Waals surface area contributed by atoms with Crippen molar-refractivity contribution >= 4 is 29.0 Å². The van der Waals surface area contributed by atoms with Crippen molar-refractivity contribution in [2.24, 2.45) is 0 Å². The van der Waals surface area contributed by atoms with Crippen LogP contribution in [0.4, 0.5) is 0 Å². The highest BCUT2D eigenvalue weighted by Gasteiger charge is 2.44. The maximum Gasteiger partial charge on any atom is 0.184 e. The fraction of sp³-hybridized carbons (Fsp3) is 0.306. The normalized spacial score (nSPS) is 13.8. The van der Waals surface area contributed by atoms with E-state index < -0.39 is 7.26 Å². The fourth-order valence-corrected chi connectivity index (χ4v) is 10.1. The monoisotopic (exact) mass is 521 g/mol. The molecule has 0 heterocycles. The molecule has 0 aliphatic heterocycles. The van der Waals surface area contributed by atoms with E-state index in [9.17, 15) is 4.79 Å². The molecular formula is C36H42OP+. The van der Waals surface area contributed by atoms with Crippen molar-refractivity contribution in [3.05, 3.63) is 126 Å². The SMILES string of the molecule is C=C1C=C(C)C(=O)C(CCCCCCCCCC[P+](c2ccccc2)(c2ccccc2)c2ccccc2)=C1. The van der Waals surface area contributed by atoms with Crippen LogP contribution < -0.4 is 15.9 Å². The summed E-state index contributed by atoms with van der Waals surface area (Å²) in [5, 5.41) is 4.45. The molecule has 4 rings (SSSR count). The Hall–Kier alpha value is -3.02. The molecule has 0 amide bonds. The molecule has 38 heavy (non-hydrogen) atoms. The van der Waals surface area contributed by atoms with E-state index in [1.54, 1.807) is 0 Å². The van der Waals surface area contributed by atoms with Crippen molar-refractivity contribution < 1.29 is 4.79 Å². The molecule has 0 fully saturated rings. The van der Waals surface area contributed by atoms with Gasteiger partial charge in [-0.3, -0.25) is 4.79 Å². The number of carbonyl (C=O) groups is 1. The standard InChI is InChI=1S/C36H42OP/c1-30-28-31(2)36(37)32(29-30)20-12-7-5-3-4-6-8-19-27-38(33-21-13-9-14-22-33,34-23-15-10-16-24-34)35-25-17-11-18-26-35/h9-11,13-18,21-26,28-29H,1,3-8,12,19-20,27H2,2H3/q+1. The molecule has 1 aliphatic carbocycles. The van der Waals surface area contributed by atoms with E-state index in [1.807, 2.05) is 19.1 Å². The highest BCUT2D eigenvalue weighted by molar-refractivity contribution is 7.95. The second-order valence-electron chi connectivity index (χ2n) is 10.5. The number of hydrogen-bond acceptors (Lipinski definition) is 1. The van der Waals surface area contributed by atoms with Crippen molar-refractivity contribution in [1.82, 2.24) is 0 Å². The Morgan fingerprint density at radius 3 is 1.47 bits per heavy atom. The van der Waals surface area contributed by atoms with Crippen LogP contribution in [0.2, 0.25) is 0 Å². The van der Waals surface area contributed by atoms with E-state index in [-0.39, 0.29) is 5.78 Å². The van der Waals surface area contributed by atoms with Gasteiger partial charge in [-0.1, -0.05) is 93.3 Å². The summed E-state index contributed by atoms with van der Waals surface area (Å²) in [4.78, 5) is 12.3. The summed E-state index contributed by atoms with van der Waals surface area (Å²) in [5.74, 6) is 0.206. The number of hydrogen-bond donors (Lipinski definition) is 0. The summed E-state index contributed by atoms with van der Waals surface area (Å²) < 4.78 is 0.